The Bertz CT molecular complexity index is 522. The highest BCUT2D eigenvalue weighted by molar-refractivity contribution is 5.29. The number of aryl methyl sites for hydroxylation is 1. The highest BCUT2D eigenvalue weighted by Gasteiger charge is 2.19. The molecule has 2 rings (SSSR count). The second-order valence-corrected chi connectivity index (χ2v) is 3.77. The van der Waals surface area contributed by atoms with Crippen LogP contribution in [0.4, 0.5) is 8.78 Å². The summed E-state index contributed by atoms with van der Waals surface area (Å²) in [6, 6.07) is 4.79. The van der Waals surface area contributed by atoms with E-state index in [1.807, 2.05) is 0 Å². The SMILES string of the molecule is CNC(c1cc(F)ccc1F)c1ccnn1C. The average Bonchev–Trinajstić information content (AvgIpc) is 2.71. The first-order valence-corrected chi connectivity index (χ1v) is 5.23. The molecule has 3 nitrogen and oxygen atoms in total. The van der Waals surface area contributed by atoms with Crippen LogP contribution >= 0.6 is 0 Å². The summed E-state index contributed by atoms with van der Waals surface area (Å²) in [7, 11) is 3.46. The minimum atomic E-state index is -0.455. The number of rotatable bonds is 3. The zero-order valence-corrected chi connectivity index (χ0v) is 9.61. The topological polar surface area (TPSA) is 29.9 Å². The van der Waals surface area contributed by atoms with Gasteiger partial charge in [0.15, 0.2) is 0 Å². The Morgan fingerprint density at radius 1 is 1.29 bits per heavy atom. The van der Waals surface area contributed by atoms with Crippen LogP contribution in [0, 0.1) is 11.6 Å². The fraction of sp³-hybridized carbons (Fsp3) is 0.250. The third kappa shape index (κ3) is 2.19. The molecule has 1 heterocycles. The minimum absolute atomic E-state index is 0.274. The van der Waals surface area contributed by atoms with Crippen molar-refractivity contribution in [1.29, 1.82) is 0 Å². The van der Waals surface area contributed by atoms with Crippen molar-refractivity contribution in [3.05, 3.63) is 53.4 Å². The van der Waals surface area contributed by atoms with Gasteiger partial charge in [-0.2, -0.15) is 5.10 Å². The number of hydrogen-bond acceptors (Lipinski definition) is 2. The maximum absolute atomic E-state index is 13.7. The molecule has 0 amide bonds. The second-order valence-electron chi connectivity index (χ2n) is 3.77. The molecular weight excluding hydrogens is 224 g/mol. The van der Waals surface area contributed by atoms with Crippen molar-refractivity contribution in [2.75, 3.05) is 7.05 Å². The molecule has 0 aliphatic rings. The first kappa shape index (κ1) is 11.7. The summed E-state index contributed by atoms with van der Waals surface area (Å²) in [6.45, 7) is 0. The van der Waals surface area contributed by atoms with Gasteiger partial charge in [-0.1, -0.05) is 0 Å². The van der Waals surface area contributed by atoms with E-state index in [0.717, 1.165) is 17.8 Å². The Hall–Kier alpha value is -1.75. The Kier molecular flexibility index (Phi) is 3.19. The van der Waals surface area contributed by atoms with Gasteiger partial charge in [0.25, 0.3) is 0 Å². The van der Waals surface area contributed by atoms with Gasteiger partial charge in [-0.3, -0.25) is 4.68 Å². The molecule has 0 aliphatic heterocycles. The Balaban J connectivity index is 2.49. The third-order valence-electron chi connectivity index (χ3n) is 2.71. The van der Waals surface area contributed by atoms with Crippen molar-refractivity contribution < 1.29 is 8.78 Å². The molecular formula is C12H13F2N3. The highest BCUT2D eigenvalue weighted by Crippen LogP contribution is 2.24. The van der Waals surface area contributed by atoms with Crippen molar-refractivity contribution >= 4 is 0 Å². The van der Waals surface area contributed by atoms with Crippen molar-refractivity contribution in [3.8, 4) is 0 Å². The molecule has 0 fully saturated rings. The first-order chi connectivity index (χ1) is 8.13. The molecule has 2 aromatic rings. The maximum Gasteiger partial charge on any atom is 0.128 e. The van der Waals surface area contributed by atoms with Crippen molar-refractivity contribution in [2.24, 2.45) is 7.05 Å². The summed E-state index contributed by atoms with van der Waals surface area (Å²) in [5, 5.41) is 6.99. The van der Waals surface area contributed by atoms with Crippen LogP contribution in [0.2, 0.25) is 0 Å². The summed E-state index contributed by atoms with van der Waals surface area (Å²) >= 11 is 0. The molecule has 0 radical (unpaired) electrons. The average molecular weight is 237 g/mol. The van der Waals surface area contributed by atoms with Crippen molar-refractivity contribution in [3.63, 3.8) is 0 Å². The summed E-state index contributed by atoms with van der Waals surface area (Å²) in [6.07, 6.45) is 1.62. The molecule has 0 saturated heterocycles. The maximum atomic E-state index is 13.7. The molecule has 0 spiro atoms. The molecule has 1 atom stereocenters. The van der Waals surface area contributed by atoms with Gasteiger partial charge in [-0.15, -0.1) is 0 Å². The molecule has 5 heteroatoms. The number of halogens is 2. The molecule has 90 valence electrons. The van der Waals surface area contributed by atoms with E-state index in [2.05, 4.69) is 10.4 Å². The molecule has 1 aromatic heterocycles. The first-order valence-electron chi connectivity index (χ1n) is 5.23. The van der Waals surface area contributed by atoms with Gasteiger partial charge in [0.1, 0.15) is 11.6 Å². The van der Waals surface area contributed by atoms with E-state index in [9.17, 15) is 8.78 Å². The van der Waals surface area contributed by atoms with E-state index >= 15 is 0 Å². The summed E-state index contributed by atoms with van der Waals surface area (Å²) in [5.41, 5.74) is 1.05. The van der Waals surface area contributed by atoms with Gasteiger partial charge in [0.05, 0.1) is 11.7 Å². The van der Waals surface area contributed by atoms with Gasteiger partial charge in [-0.05, 0) is 31.3 Å². The van der Waals surface area contributed by atoms with Crippen LogP contribution in [0.15, 0.2) is 30.5 Å². The van der Waals surface area contributed by atoms with E-state index < -0.39 is 17.7 Å². The number of nitrogens with one attached hydrogen (secondary N) is 1. The highest BCUT2D eigenvalue weighted by atomic mass is 19.1. The fourth-order valence-electron chi connectivity index (χ4n) is 1.87. The van der Waals surface area contributed by atoms with Crippen LogP contribution in [0.3, 0.4) is 0 Å². The lowest BCUT2D eigenvalue weighted by atomic mass is 10.0. The van der Waals surface area contributed by atoms with Crippen LogP contribution in [0.5, 0.6) is 0 Å². The van der Waals surface area contributed by atoms with Crippen LogP contribution in [0.25, 0.3) is 0 Å². The fourth-order valence-corrected chi connectivity index (χ4v) is 1.87. The molecule has 1 unspecified atom stereocenters. The van der Waals surface area contributed by atoms with Crippen LogP contribution in [-0.4, -0.2) is 16.8 Å². The Morgan fingerprint density at radius 2 is 2.06 bits per heavy atom. The Labute approximate surface area is 98.1 Å². The molecule has 0 saturated carbocycles. The van der Waals surface area contributed by atoms with Crippen molar-refractivity contribution in [2.45, 2.75) is 6.04 Å². The molecule has 1 N–H and O–H groups in total. The van der Waals surface area contributed by atoms with Crippen LogP contribution in [-0.2, 0) is 7.05 Å². The second kappa shape index (κ2) is 4.63. The van der Waals surface area contributed by atoms with E-state index in [4.69, 9.17) is 0 Å². The summed E-state index contributed by atoms with van der Waals surface area (Å²) in [5.74, 6) is -0.893. The lowest BCUT2D eigenvalue weighted by molar-refractivity contribution is 0.539. The van der Waals surface area contributed by atoms with Gasteiger partial charge >= 0.3 is 0 Å². The van der Waals surface area contributed by atoms with E-state index in [1.165, 1.54) is 6.07 Å². The largest absolute Gasteiger partial charge is 0.308 e. The normalized spacial score (nSPS) is 12.7. The minimum Gasteiger partial charge on any atom is -0.308 e. The van der Waals surface area contributed by atoms with Gasteiger partial charge in [0.2, 0.25) is 0 Å². The standard InChI is InChI=1S/C12H13F2N3/c1-15-12(11-5-6-16-17(11)2)9-7-8(13)3-4-10(9)14/h3-7,12,15H,1-2H3. The zero-order valence-electron chi connectivity index (χ0n) is 9.61. The van der Waals surface area contributed by atoms with E-state index in [0.29, 0.717) is 0 Å². The number of benzene rings is 1. The summed E-state index contributed by atoms with van der Waals surface area (Å²) < 4.78 is 28.5. The Morgan fingerprint density at radius 3 is 2.65 bits per heavy atom. The summed E-state index contributed by atoms with van der Waals surface area (Å²) in [4.78, 5) is 0. The van der Waals surface area contributed by atoms with Crippen LogP contribution < -0.4 is 5.32 Å². The predicted octanol–water partition coefficient (Wildman–Crippen LogP) is 2.01. The number of aromatic nitrogens is 2. The molecule has 0 bridgehead atoms. The number of hydrogen-bond donors (Lipinski definition) is 1. The third-order valence-corrected chi connectivity index (χ3v) is 2.71. The van der Waals surface area contributed by atoms with Gasteiger partial charge in [-0.25, -0.2) is 8.78 Å². The lowest BCUT2D eigenvalue weighted by Crippen LogP contribution is -2.21. The van der Waals surface area contributed by atoms with Gasteiger partial charge < -0.3 is 5.32 Å². The van der Waals surface area contributed by atoms with Gasteiger partial charge in [0, 0.05) is 18.8 Å². The number of nitrogens with zero attached hydrogens (tertiary/aromatic N) is 2. The predicted molar refractivity (Wildman–Crippen MR) is 60.5 cm³/mol. The lowest BCUT2D eigenvalue weighted by Gasteiger charge is -2.17. The molecule has 17 heavy (non-hydrogen) atoms. The van der Waals surface area contributed by atoms with Crippen molar-refractivity contribution in [1.82, 2.24) is 15.1 Å². The zero-order chi connectivity index (χ0) is 12.4. The van der Waals surface area contributed by atoms with E-state index in [-0.39, 0.29) is 5.56 Å². The monoisotopic (exact) mass is 237 g/mol. The quantitative estimate of drug-likeness (QED) is 0.885. The molecule has 0 aliphatic carbocycles. The molecule has 1 aromatic carbocycles. The van der Waals surface area contributed by atoms with Crippen LogP contribution in [0.1, 0.15) is 17.3 Å². The van der Waals surface area contributed by atoms with E-state index in [1.54, 1.807) is 31.0 Å². The smallest absolute Gasteiger partial charge is 0.128 e.